The third kappa shape index (κ3) is 3.77. The first-order chi connectivity index (χ1) is 13.8. The number of methoxy groups -OCH3 is 1. The van der Waals surface area contributed by atoms with Gasteiger partial charge in [-0.1, -0.05) is 65.5 Å². The Morgan fingerprint density at radius 1 is 1.00 bits per heavy atom. The van der Waals surface area contributed by atoms with E-state index < -0.39 is 0 Å². The predicted molar refractivity (Wildman–Crippen MR) is 124 cm³/mol. The summed E-state index contributed by atoms with van der Waals surface area (Å²) in [6.45, 7) is 12.7. The summed E-state index contributed by atoms with van der Waals surface area (Å²) >= 11 is 0. The maximum atomic E-state index is 5.75. The van der Waals surface area contributed by atoms with E-state index >= 15 is 0 Å². The maximum Gasteiger partial charge on any atom is 0.0608 e. The summed E-state index contributed by atoms with van der Waals surface area (Å²) in [5, 5.41) is 0. The van der Waals surface area contributed by atoms with Crippen LogP contribution in [0, 0.1) is 46.3 Å². The zero-order valence-electron chi connectivity index (χ0n) is 20.3. The van der Waals surface area contributed by atoms with Crippen LogP contribution in [0.2, 0.25) is 0 Å². The predicted octanol–water partition coefficient (Wildman–Crippen LogP) is 8.04. The smallest absolute Gasteiger partial charge is 0.0608 e. The van der Waals surface area contributed by atoms with E-state index in [0.717, 1.165) is 35.5 Å². The number of rotatable bonds is 6. The molecule has 0 saturated heterocycles. The van der Waals surface area contributed by atoms with Crippen LogP contribution in [0.15, 0.2) is 11.6 Å². The topological polar surface area (TPSA) is 9.23 Å². The molecule has 4 rings (SSSR count). The van der Waals surface area contributed by atoms with Gasteiger partial charge >= 0.3 is 0 Å². The Morgan fingerprint density at radius 3 is 2.52 bits per heavy atom. The van der Waals surface area contributed by atoms with Crippen LogP contribution >= 0.6 is 0 Å². The lowest BCUT2D eigenvalue weighted by atomic mass is 9.47. The Hall–Kier alpha value is -0.300. The van der Waals surface area contributed by atoms with Gasteiger partial charge in [-0.15, -0.1) is 0 Å². The Kier molecular flexibility index (Phi) is 6.29. The molecule has 4 aliphatic rings. The second-order valence-electron chi connectivity index (χ2n) is 12.4. The fourth-order valence-electron chi connectivity index (χ4n) is 8.85. The molecule has 0 aliphatic heterocycles. The van der Waals surface area contributed by atoms with Gasteiger partial charge in [0, 0.05) is 7.11 Å². The maximum absolute atomic E-state index is 5.75. The van der Waals surface area contributed by atoms with Gasteiger partial charge in [0.05, 0.1) is 6.10 Å². The molecule has 0 heterocycles. The Morgan fingerprint density at radius 2 is 1.79 bits per heavy atom. The number of ether oxygens (including phenoxy) is 1. The van der Waals surface area contributed by atoms with Crippen molar-refractivity contribution in [2.75, 3.05) is 7.11 Å². The van der Waals surface area contributed by atoms with Gasteiger partial charge in [0.2, 0.25) is 0 Å². The highest BCUT2D eigenvalue weighted by Gasteiger charge is 2.59. The standard InChI is InChI=1S/C28H48O/c1-19(2)8-7-9-20(3)24-12-13-25-23-11-10-21-18-22(29-6)14-16-27(21,4)26(23)15-17-28(24,25)5/h10,19-20,22-26H,7-9,11-18H2,1-6H3/t20-,22?,23?,24?,25?,26?,27?,28?/m1/s1. The van der Waals surface area contributed by atoms with Gasteiger partial charge in [-0.3, -0.25) is 0 Å². The summed E-state index contributed by atoms with van der Waals surface area (Å²) < 4.78 is 5.75. The third-order valence-electron chi connectivity index (χ3n) is 10.6. The van der Waals surface area contributed by atoms with E-state index in [1.165, 1.54) is 70.6 Å². The van der Waals surface area contributed by atoms with Gasteiger partial charge in [-0.25, -0.2) is 0 Å². The molecular formula is C28H48O. The van der Waals surface area contributed by atoms with Crippen molar-refractivity contribution in [2.45, 2.75) is 111 Å². The van der Waals surface area contributed by atoms with Crippen LogP contribution < -0.4 is 0 Å². The average Bonchev–Trinajstić information content (AvgIpc) is 3.04. The van der Waals surface area contributed by atoms with E-state index in [4.69, 9.17) is 4.74 Å². The molecule has 0 aromatic rings. The summed E-state index contributed by atoms with van der Waals surface area (Å²) in [5.41, 5.74) is 2.85. The fraction of sp³-hybridized carbons (Fsp3) is 0.929. The lowest BCUT2D eigenvalue weighted by Gasteiger charge is -2.58. The van der Waals surface area contributed by atoms with E-state index in [9.17, 15) is 0 Å². The Balaban J connectivity index is 1.48. The first kappa shape index (κ1) is 21.9. The van der Waals surface area contributed by atoms with Crippen molar-refractivity contribution in [3.63, 3.8) is 0 Å². The third-order valence-corrected chi connectivity index (χ3v) is 10.6. The highest BCUT2D eigenvalue weighted by molar-refractivity contribution is 5.25. The molecule has 7 unspecified atom stereocenters. The molecule has 0 spiro atoms. The molecule has 0 aromatic heterocycles. The molecule has 0 amide bonds. The van der Waals surface area contributed by atoms with Gasteiger partial charge in [0.1, 0.15) is 0 Å². The monoisotopic (exact) mass is 400 g/mol. The molecular weight excluding hydrogens is 352 g/mol. The number of hydrogen-bond donors (Lipinski definition) is 0. The summed E-state index contributed by atoms with van der Waals surface area (Å²) in [6.07, 6.45) is 18.7. The molecule has 3 saturated carbocycles. The van der Waals surface area contributed by atoms with Crippen LogP contribution in [0.1, 0.15) is 105 Å². The lowest BCUT2D eigenvalue weighted by molar-refractivity contribution is -0.0601. The van der Waals surface area contributed by atoms with E-state index in [1.807, 2.05) is 7.11 Å². The highest BCUT2D eigenvalue weighted by atomic mass is 16.5. The van der Waals surface area contributed by atoms with Crippen molar-refractivity contribution in [3.05, 3.63) is 11.6 Å². The zero-order chi connectivity index (χ0) is 20.8. The van der Waals surface area contributed by atoms with Crippen molar-refractivity contribution < 1.29 is 4.74 Å². The summed E-state index contributed by atoms with van der Waals surface area (Å²) in [5.74, 6) is 5.63. The van der Waals surface area contributed by atoms with Crippen molar-refractivity contribution in [2.24, 2.45) is 46.3 Å². The first-order valence-corrected chi connectivity index (χ1v) is 13.0. The second-order valence-corrected chi connectivity index (χ2v) is 12.4. The second kappa shape index (κ2) is 8.33. The van der Waals surface area contributed by atoms with Gasteiger partial charge in [0.15, 0.2) is 0 Å². The van der Waals surface area contributed by atoms with E-state index in [-0.39, 0.29) is 0 Å². The van der Waals surface area contributed by atoms with Crippen molar-refractivity contribution >= 4 is 0 Å². The van der Waals surface area contributed by atoms with E-state index in [0.29, 0.717) is 16.9 Å². The molecule has 3 fully saturated rings. The molecule has 0 radical (unpaired) electrons. The zero-order valence-corrected chi connectivity index (χ0v) is 20.3. The largest absolute Gasteiger partial charge is 0.381 e. The van der Waals surface area contributed by atoms with Gasteiger partial charge < -0.3 is 4.74 Å². The minimum atomic E-state index is 0.472. The van der Waals surface area contributed by atoms with Crippen molar-refractivity contribution in [3.8, 4) is 0 Å². The molecule has 29 heavy (non-hydrogen) atoms. The van der Waals surface area contributed by atoms with Gasteiger partial charge in [-0.05, 0) is 97.7 Å². The summed E-state index contributed by atoms with van der Waals surface area (Å²) in [6, 6.07) is 0. The van der Waals surface area contributed by atoms with Crippen LogP contribution in [0.5, 0.6) is 0 Å². The molecule has 0 bridgehead atoms. The van der Waals surface area contributed by atoms with Gasteiger partial charge in [-0.2, -0.15) is 0 Å². The van der Waals surface area contributed by atoms with Crippen LogP contribution in [0.4, 0.5) is 0 Å². The summed E-state index contributed by atoms with van der Waals surface area (Å²) in [4.78, 5) is 0. The van der Waals surface area contributed by atoms with E-state index in [2.05, 4.69) is 40.7 Å². The van der Waals surface area contributed by atoms with E-state index in [1.54, 1.807) is 5.57 Å². The number of hydrogen-bond acceptors (Lipinski definition) is 1. The normalized spacial score (nSPS) is 45.3. The van der Waals surface area contributed by atoms with Crippen molar-refractivity contribution in [1.29, 1.82) is 0 Å². The molecule has 4 aliphatic carbocycles. The minimum absolute atomic E-state index is 0.472. The molecule has 0 N–H and O–H groups in total. The molecule has 1 heteroatoms. The molecule has 166 valence electrons. The number of allylic oxidation sites excluding steroid dienone is 1. The minimum Gasteiger partial charge on any atom is -0.381 e. The Labute approximate surface area is 181 Å². The summed E-state index contributed by atoms with van der Waals surface area (Å²) in [7, 11) is 1.91. The SMILES string of the molecule is COC1CCC2(C)C(=CCC3C2CCC2(C)C3CCC2[C@H](C)CCCC(C)C)C1. The van der Waals surface area contributed by atoms with Crippen LogP contribution in [-0.2, 0) is 4.74 Å². The van der Waals surface area contributed by atoms with Crippen LogP contribution in [-0.4, -0.2) is 13.2 Å². The fourth-order valence-corrected chi connectivity index (χ4v) is 8.85. The Bertz CT molecular complexity index is 605. The average molecular weight is 401 g/mol. The molecule has 8 atom stereocenters. The molecule has 0 aromatic carbocycles. The highest BCUT2D eigenvalue weighted by Crippen LogP contribution is 2.67. The van der Waals surface area contributed by atoms with Crippen LogP contribution in [0.3, 0.4) is 0 Å². The number of fused-ring (bicyclic) bond motifs is 5. The molecule has 1 nitrogen and oxygen atoms in total. The van der Waals surface area contributed by atoms with Crippen LogP contribution in [0.25, 0.3) is 0 Å². The quantitative estimate of drug-likeness (QED) is 0.410. The first-order valence-electron chi connectivity index (χ1n) is 13.0. The van der Waals surface area contributed by atoms with Crippen molar-refractivity contribution in [1.82, 2.24) is 0 Å². The van der Waals surface area contributed by atoms with Gasteiger partial charge in [0.25, 0.3) is 0 Å². The lowest BCUT2D eigenvalue weighted by Crippen LogP contribution is -2.50.